The van der Waals surface area contributed by atoms with E-state index in [1.54, 1.807) is 24.3 Å². The highest BCUT2D eigenvalue weighted by atomic mass is 32.2. The number of rotatable bonds is 7. The molecular weight excluding hydrogens is 378 g/mol. The molecule has 28 heavy (non-hydrogen) atoms. The van der Waals surface area contributed by atoms with Crippen LogP contribution < -0.4 is 10.1 Å². The summed E-state index contributed by atoms with van der Waals surface area (Å²) in [6.07, 6.45) is 1.50. The van der Waals surface area contributed by atoms with Crippen molar-refractivity contribution in [3.63, 3.8) is 0 Å². The summed E-state index contributed by atoms with van der Waals surface area (Å²) in [5, 5.41) is 4.27. The topological polar surface area (TPSA) is 109 Å². The van der Waals surface area contributed by atoms with E-state index in [1.165, 1.54) is 18.4 Å². The summed E-state index contributed by atoms with van der Waals surface area (Å²) < 4.78 is 32.4. The van der Waals surface area contributed by atoms with Gasteiger partial charge in [-0.1, -0.05) is 12.1 Å². The zero-order valence-electron chi connectivity index (χ0n) is 15.8. The molecule has 0 saturated carbocycles. The average Bonchev–Trinajstić information content (AvgIpc) is 3.18. The van der Waals surface area contributed by atoms with Crippen molar-refractivity contribution in [1.82, 2.24) is 14.7 Å². The molecule has 0 atom stereocenters. The number of furan rings is 1. The standard InChI is InChI=1S/C19H21N5O3S/c1-13-11-14(2)22-19(21-13)24-23-15(3)16-6-8-18(9-7-16)28(25,26)20-12-17-5-4-10-27-17/h4-11,20H,12H2,1-3H3,(H,21,22,24)/b23-15+. The summed E-state index contributed by atoms with van der Waals surface area (Å²) >= 11 is 0. The van der Waals surface area contributed by atoms with Gasteiger partial charge in [-0.05, 0) is 56.7 Å². The summed E-state index contributed by atoms with van der Waals surface area (Å²) in [5.41, 5.74) is 5.98. The van der Waals surface area contributed by atoms with Gasteiger partial charge in [0.2, 0.25) is 16.0 Å². The lowest BCUT2D eigenvalue weighted by molar-refractivity contribution is 0.498. The van der Waals surface area contributed by atoms with Gasteiger partial charge in [0.25, 0.3) is 0 Å². The first-order valence-electron chi connectivity index (χ1n) is 8.58. The van der Waals surface area contributed by atoms with E-state index in [1.807, 2.05) is 26.8 Å². The molecule has 0 saturated heterocycles. The third kappa shape index (κ3) is 5.02. The molecule has 8 nitrogen and oxygen atoms in total. The molecule has 0 amide bonds. The van der Waals surface area contributed by atoms with Gasteiger partial charge in [-0.15, -0.1) is 0 Å². The van der Waals surface area contributed by atoms with Crippen molar-refractivity contribution in [2.24, 2.45) is 5.10 Å². The lowest BCUT2D eigenvalue weighted by Crippen LogP contribution is -2.23. The largest absolute Gasteiger partial charge is 0.468 e. The molecule has 2 heterocycles. The molecule has 0 aliphatic rings. The number of hydrogen-bond acceptors (Lipinski definition) is 7. The van der Waals surface area contributed by atoms with Crippen molar-refractivity contribution >= 4 is 21.7 Å². The molecule has 0 spiro atoms. The third-order valence-corrected chi connectivity index (χ3v) is 5.32. The zero-order valence-corrected chi connectivity index (χ0v) is 16.6. The fourth-order valence-corrected chi connectivity index (χ4v) is 3.51. The second kappa shape index (κ2) is 8.32. The van der Waals surface area contributed by atoms with Crippen molar-refractivity contribution in [1.29, 1.82) is 0 Å². The van der Waals surface area contributed by atoms with Gasteiger partial charge < -0.3 is 4.42 Å². The normalized spacial score (nSPS) is 12.2. The van der Waals surface area contributed by atoms with Gasteiger partial charge >= 0.3 is 0 Å². The number of nitrogens with zero attached hydrogens (tertiary/aromatic N) is 3. The van der Waals surface area contributed by atoms with E-state index in [4.69, 9.17) is 4.42 Å². The van der Waals surface area contributed by atoms with Crippen LogP contribution in [-0.2, 0) is 16.6 Å². The van der Waals surface area contributed by atoms with Crippen LogP contribution in [0.4, 0.5) is 5.95 Å². The van der Waals surface area contributed by atoms with E-state index in [9.17, 15) is 8.42 Å². The van der Waals surface area contributed by atoms with Gasteiger partial charge in [-0.25, -0.2) is 28.5 Å². The van der Waals surface area contributed by atoms with Crippen molar-refractivity contribution < 1.29 is 12.8 Å². The maximum atomic E-state index is 12.4. The molecule has 9 heteroatoms. The number of hydrazone groups is 1. The molecule has 0 unspecified atom stereocenters. The minimum Gasteiger partial charge on any atom is -0.468 e. The summed E-state index contributed by atoms with van der Waals surface area (Å²) in [7, 11) is -3.63. The number of hydrogen-bond donors (Lipinski definition) is 2. The first kappa shape index (κ1) is 19.7. The predicted octanol–water partition coefficient (Wildman–Crippen LogP) is 3.00. The summed E-state index contributed by atoms with van der Waals surface area (Å²) in [5.74, 6) is 0.959. The number of sulfonamides is 1. The summed E-state index contributed by atoms with van der Waals surface area (Å²) in [4.78, 5) is 8.69. The minimum atomic E-state index is -3.63. The Morgan fingerprint density at radius 2 is 1.79 bits per heavy atom. The molecule has 0 aliphatic heterocycles. The Labute approximate surface area is 163 Å². The second-order valence-corrected chi connectivity index (χ2v) is 7.98. The van der Waals surface area contributed by atoms with E-state index < -0.39 is 10.0 Å². The Hall–Kier alpha value is -3.04. The molecule has 146 valence electrons. The molecule has 3 aromatic rings. The van der Waals surface area contributed by atoms with Gasteiger partial charge in [-0.3, -0.25) is 0 Å². The summed E-state index contributed by atoms with van der Waals surface area (Å²) in [6.45, 7) is 5.68. The van der Waals surface area contributed by atoms with Crippen LogP contribution in [0.25, 0.3) is 0 Å². The van der Waals surface area contributed by atoms with E-state index in [0.717, 1.165) is 17.0 Å². The number of nitrogens with one attached hydrogen (secondary N) is 2. The van der Waals surface area contributed by atoms with E-state index in [2.05, 4.69) is 25.2 Å². The Bertz CT molecular complexity index is 1060. The van der Waals surface area contributed by atoms with Gasteiger partial charge in [0.05, 0.1) is 23.4 Å². The van der Waals surface area contributed by atoms with Crippen LogP contribution in [0.5, 0.6) is 0 Å². The molecule has 3 rings (SSSR count). The maximum Gasteiger partial charge on any atom is 0.243 e. The second-order valence-electron chi connectivity index (χ2n) is 6.21. The van der Waals surface area contributed by atoms with Gasteiger partial charge in [0.15, 0.2) is 0 Å². The van der Waals surface area contributed by atoms with E-state index in [-0.39, 0.29) is 11.4 Å². The van der Waals surface area contributed by atoms with Gasteiger partial charge in [0, 0.05) is 11.4 Å². The summed E-state index contributed by atoms with van der Waals surface area (Å²) in [6, 6.07) is 11.8. The molecule has 0 aliphatic carbocycles. The SMILES string of the molecule is C/C(=N\Nc1nc(C)cc(C)n1)c1ccc(S(=O)(=O)NCc2ccco2)cc1. The van der Waals surface area contributed by atoms with Gasteiger partial charge in [0.1, 0.15) is 5.76 Å². The van der Waals surface area contributed by atoms with Crippen LogP contribution in [0.2, 0.25) is 0 Å². The van der Waals surface area contributed by atoms with Crippen LogP contribution in [-0.4, -0.2) is 24.1 Å². The highest BCUT2D eigenvalue weighted by Gasteiger charge is 2.14. The number of aryl methyl sites for hydroxylation is 2. The Balaban J connectivity index is 1.68. The lowest BCUT2D eigenvalue weighted by atomic mass is 10.1. The van der Waals surface area contributed by atoms with Crippen LogP contribution in [0.15, 0.2) is 63.1 Å². The molecule has 2 aromatic heterocycles. The molecule has 2 N–H and O–H groups in total. The number of benzene rings is 1. The number of aromatic nitrogens is 2. The van der Waals surface area contributed by atoms with Crippen molar-refractivity contribution in [3.05, 3.63) is 71.4 Å². The van der Waals surface area contributed by atoms with Crippen LogP contribution in [0.1, 0.15) is 29.6 Å². The first-order valence-corrected chi connectivity index (χ1v) is 10.1. The van der Waals surface area contributed by atoms with Crippen LogP contribution in [0.3, 0.4) is 0 Å². The highest BCUT2D eigenvalue weighted by molar-refractivity contribution is 7.89. The number of anilines is 1. The quantitative estimate of drug-likeness (QED) is 0.467. The first-order chi connectivity index (χ1) is 13.3. The fraction of sp³-hybridized carbons (Fsp3) is 0.211. The van der Waals surface area contributed by atoms with Crippen molar-refractivity contribution in [3.8, 4) is 0 Å². The van der Waals surface area contributed by atoms with E-state index in [0.29, 0.717) is 17.4 Å². The van der Waals surface area contributed by atoms with Crippen LogP contribution in [0, 0.1) is 13.8 Å². The van der Waals surface area contributed by atoms with Crippen LogP contribution >= 0.6 is 0 Å². The van der Waals surface area contributed by atoms with Crippen molar-refractivity contribution in [2.45, 2.75) is 32.2 Å². The molecule has 0 radical (unpaired) electrons. The third-order valence-electron chi connectivity index (χ3n) is 3.90. The zero-order chi connectivity index (χ0) is 20.1. The van der Waals surface area contributed by atoms with Crippen molar-refractivity contribution in [2.75, 3.05) is 5.43 Å². The molecule has 0 fully saturated rings. The molecular formula is C19H21N5O3S. The molecule has 0 bridgehead atoms. The fourth-order valence-electron chi connectivity index (χ4n) is 2.51. The Morgan fingerprint density at radius 3 is 2.39 bits per heavy atom. The smallest absolute Gasteiger partial charge is 0.243 e. The highest BCUT2D eigenvalue weighted by Crippen LogP contribution is 2.13. The Morgan fingerprint density at radius 1 is 1.11 bits per heavy atom. The monoisotopic (exact) mass is 399 g/mol. The van der Waals surface area contributed by atoms with E-state index >= 15 is 0 Å². The average molecular weight is 399 g/mol. The van der Waals surface area contributed by atoms with Gasteiger partial charge in [-0.2, -0.15) is 5.10 Å². The maximum absolute atomic E-state index is 12.4. The predicted molar refractivity (Wildman–Crippen MR) is 107 cm³/mol. The lowest BCUT2D eigenvalue weighted by Gasteiger charge is -2.07. The minimum absolute atomic E-state index is 0.0946. The molecule has 1 aromatic carbocycles. The Kier molecular flexibility index (Phi) is 5.86.